The smallest absolute Gasteiger partial charge is 0.289 e. The summed E-state index contributed by atoms with van der Waals surface area (Å²) < 4.78 is 5.68. The molecule has 0 atom stereocenters. The van der Waals surface area contributed by atoms with Gasteiger partial charge < -0.3 is 14.2 Å². The van der Waals surface area contributed by atoms with Gasteiger partial charge >= 0.3 is 0 Å². The molecule has 2 aromatic heterocycles. The molecule has 0 unspecified atom stereocenters. The van der Waals surface area contributed by atoms with Crippen LogP contribution in [0.1, 0.15) is 16.2 Å². The molecule has 1 amide bonds. The molecule has 4 rings (SSSR count). The van der Waals surface area contributed by atoms with Gasteiger partial charge in [-0.05, 0) is 19.1 Å². The standard InChI is InChI=1S/C17H18N4O2/c1-12-10-16(19-18-12)20-6-8-21(9-7-20)17(22)15-11-13-4-2-3-5-14(13)23-15/h2-5,10-11H,6-9H2,1H3,(H,18,19). The molecule has 6 nitrogen and oxygen atoms in total. The highest BCUT2D eigenvalue weighted by Gasteiger charge is 2.25. The number of aromatic amines is 1. The first kappa shape index (κ1) is 13.9. The summed E-state index contributed by atoms with van der Waals surface area (Å²) >= 11 is 0. The highest BCUT2D eigenvalue weighted by molar-refractivity contribution is 5.96. The van der Waals surface area contributed by atoms with E-state index >= 15 is 0 Å². The molecule has 118 valence electrons. The Morgan fingerprint density at radius 1 is 1.17 bits per heavy atom. The molecule has 1 aliphatic rings. The molecule has 1 fully saturated rings. The lowest BCUT2D eigenvalue weighted by Gasteiger charge is -2.34. The van der Waals surface area contributed by atoms with Gasteiger partial charge in [-0.25, -0.2) is 0 Å². The number of carbonyl (C=O) groups is 1. The second-order valence-corrected chi connectivity index (χ2v) is 5.84. The van der Waals surface area contributed by atoms with E-state index in [1.165, 1.54) is 0 Å². The number of amides is 1. The number of H-pyrrole nitrogens is 1. The fourth-order valence-corrected chi connectivity index (χ4v) is 2.95. The Morgan fingerprint density at radius 3 is 2.65 bits per heavy atom. The van der Waals surface area contributed by atoms with E-state index in [9.17, 15) is 4.79 Å². The van der Waals surface area contributed by atoms with Crippen LogP contribution >= 0.6 is 0 Å². The number of anilines is 1. The van der Waals surface area contributed by atoms with Crippen molar-refractivity contribution >= 4 is 22.7 Å². The molecule has 23 heavy (non-hydrogen) atoms. The predicted molar refractivity (Wildman–Crippen MR) is 87.7 cm³/mol. The summed E-state index contributed by atoms with van der Waals surface area (Å²) in [6.07, 6.45) is 0. The maximum atomic E-state index is 12.6. The Balaban J connectivity index is 1.46. The maximum absolute atomic E-state index is 12.6. The summed E-state index contributed by atoms with van der Waals surface area (Å²) in [7, 11) is 0. The van der Waals surface area contributed by atoms with Gasteiger partial charge in [-0.15, -0.1) is 0 Å². The number of nitrogens with zero attached hydrogens (tertiary/aromatic N) is 3. The minimum atomic E-state index is -0.0425. The number of fused-ring (bicyclic) bond motifs is 1. The Bertz CT molecular complexity index is 810. The van der Waals surface area contributed by atoms with E-state index in [2.05, 4.69) is 15.1 Å². The summed E-state index contributed by atoms with van der Waals surface area (Å²) in [5.74, 6) is 1.31. The van der Waals surface area contributed by atoms with Crippen LogP contribution in [0.5, 0.6) is 0 Å². The van der Waals surface area contributed by atoms with E-state index in [0.717, 1.165) is 35.6 Å². The lowest BCUT2D eigenvalue weighted by atomic mass is 10.2. The van der Waals surface area contributed by atoms with Gasteiger partial charge in [0.15, 0.2) is 11.6 Å². The molecule has 0 spiro atoms. The van der Waals surface area contributed by atoms with E-state index in [-0.39, 0.29) is 5.91 Å². The number of para-hydroxylation sites is 1. The van der Waals surface area contributed by atoms with Gasteiger partial charge in [0.25, 0.3) is 5.91 Å². The topological polar surface area (TPSA) is 65.4 Å². The molecule has 3 aromatic rings. The summed E-state index contributed by atoms with van der Waals surface area (Å²) in [6.45, 7) is 4.87. The average molecular weight is 310 g/mol. The van der Waals surface area contributed by atoms with Crippen LogP contribution in [-0.4, -0.2) is 47.2 Å². The van der Waals surface area contributed by atoms with Crippen LogP contribution in [0, 0.1) is 6.92 Å². The molecule has 3 heterocycles. The van der Waals surface area contributed by atoms with E-state index in [1.807, 2.05) is 48.2 Å². The first-order chi connectivity index (χ1) is 11.2. The van der Waals surface area contributed by atoms with Gasteiger partial charge in [0, 0.05) is 43.3 Å². The van der Waals surface area contributed by atoms with Gasteiger partial charge in [-0.3, -0.25) is 9.89 Å². The van der Waals surface area contributed by atoms with Crippen molar-refractivity contribution < 1.29 is 9.21 Å². The second kappa shape index (κ2) is 5.46. The molecule has 0 bridgehead atoms. The van der Waals surface area contributed by atoms with Crippen molar-refractivity contribution in [3.63, 3.8) is 0 Å². The predicted octanol–water partition coefficient (Wildman–Crippen LogP) is 2.43. The quantitative estimate of drug-likeness (QED) is 0.789. The van der Waals surface area contributed by atoms with Crippen molar-refractivity contribution in [1.82, 2.24) is 15.1 Å². The number of furan rings is 1. The minimum Gasteiger partial charge on any atom is -0.451 e. The number of hydrogen-bond donors (Lipinski definition) is 1. The molecule has 0 radical (unpaired) electrons. The van der Waals surface area contributed by atoms with Crippen molar-refractivity contribution in [2.24, 2.45) is 0 Å². The molecule has 0 saturated carbocycles. The number of piperazine rings is 1. The molecule has 0 aliphatic carbocycles. The van der Waals surface area contributed by atoms with E-state index in [4.69, 9.17) is 4.42 Å². The van der Waals surface area contributed by atoms with Crippen LogP contribution in [-0.2, 0) is 0 Å². The molecule has 1 aliphatic heterocycles. The highest BCUT2D eigenvalue weighted by Crippen LogP contribution is 2.21. The zero-order valence-corrected chi connectivity index (χ0v) is 13.0. The summed E-state index contributed by atoms with van der Waals surface area (Å²) in [5.41, 5.74) is 1.79. The van der Waals surface area contributed by atoms with Gasteiger partial charge in [0.2, 0.25) is 0 Å². The number of aromatic nitrogens is 2. The molecule has 1 N–H and O–H groups in total. The zero-order chi connectivity index (χ0) is 15.8. The van der Waals surface area contributed by atoms with E-state index in [0.29, 0.717) is 18.8 Å². The monoisotopic (exact) mass is 310 g/mol. The Hall–Kier alpha value is -2.76. The van der Waals surface area contributed by atoms with Crippen molar-refractivity contribution in [2.45, 2.75) is 6.92 Å². The first-order valence-electron chi connectivity index (χ1n) is 7.75. The molecule has 6 heteroatoms. The summed E-state index contributed by atoms with van der Waals surface area (Å²) in [5, 5.41) is 8.19. The fourth-order valence-electron chi connectivity index (χ4n) is 2.95. The Labute approximate surface area is 133 Å². The van der Waals surface area contributed by atoms with Crippen molar-refractivity contribution in [2.75, 3.05) is 31.1 Å². The average Bonchev–Trinajstić information content (AvgIpc) is 3.20. The largest absolute Gasteiger partial charge is 0.451 e. The van der Waals surface area contributed by atoms with Crippen molar-refractivity contribution in [3.05, 3.63) is 47.9 Å². The molecular weight excluding hydrogens is 292 g/mol. The summed E-state index contributed by atoms with van der Waals surface area (Å²) in [4.78, 5) is 16.6. The SMILES string of the molecule is Cc1cc(N2CCN(C(=O)c3cc4ccccc4o3)CC2)n[nH]1. The summed E-state index contributed by atoms with van der Waals surface area (Å²) in [6, 6.07) is 11.5. The highest BCUT2D eigenvalue weighted by atomic mass is 16.3. The number of aryl methyl sites for hydroxylation is 1. The van der Waals surface area contributed by atoms with Gasteiger partial charge in [-0.2, -0.15) is 5.10 Å². The van der Waals surface area contributed by atoms with Crippen LogP contribution in [0.3, 0.4) is 0 Å². The lowest BCUT2D eigenvalue weighted by molar-refractivity contribution is 0.0717. The van der Waals surface area contributed by atoms with Crippen LogP contribution in [0.2, 0.25) is 0 Å². The normalized spacial score (nSPS) is 15.3. The van der Waals surface area contributed by atoms with Crippen LogP contribution in [0.4, 0.5) is 5.82 Å². The number of hydrogen-bond acceptors (Lipinski definition) is 4. The Morgan fingerprint density at radius 2 is 1.96 bits per heavy atom. The second-order valence-electron chi connectivity index (χ2n) is 5.84. The van der Waals surface area contributed by atoms with E-state index in [1.54, 1.807) is 0 Å². The lowest BCUT2D eigenvalue weighted by Crippen LogP contribution is -2.48. The number of carbonyl (C=O) groups excluding carboxylic acids is 1. The van der Waals surface area contributed by atoms with Crippen LogP contribution < -0.4 is 4.90 Å². The van der Waals surface area contributed by atoms with Gasteiger partial charge in [0.05, 0.1) is 0 Å². The molecule has 1 saturated heterocycles. The number of nitrogens with one attached hydrogen (secondary N) is 1. The number of rotatable bonds is 2. The fraction of sp³-hybridized carbons (Fsp3) is 0.294. The third-order valence-electron chi connectivity index (χ3n) is 4.22. The first-order valence-corrected chi connectivity index (χ1v) is 7.75. The zero-order valence-electron chi connectivity index (χ0n) is 13.0. The van der Waals surface area contributed by atoms with Gasteiger partial charge in [-0.1, -0.05) is 18.2 Å². The van der Waals surface area contributed by atoms with Crippen LogP contribution in [0.25, 0.3) is 11.0 Å². The minimum absolute atomic E-state index is 0.0425. The molecule has 1 aromatic carbocycles. The maximum Gasteiger partial charge on any atom is 0.289 e. The van der Waals surface area contributed by atoms with Crippen molar-refractivity contribution in [1.29, 1.82) is 0 Å². The molecular formula is C17H18N4O2. The van der Waals surface area contributed by atoms with E-state index < -0.39 is 0 Å². The van der Waals surface area contributed by atoms with Gasteiger partial charge in [0.1, 0.15) is 5.58 Å². The van der Waals surface area contributed by atoms with Crippen LogP contribution in [0.15, 0.2) is 40.8 Å². The number of benzene rings is 1. The van der Waals surface area contributed by atoms with Crippen molar-refractivity contribution in [3.8, 4) is 0 Å². The third kappa shape index (κ3) is 2.56. The third-order valence-corrected chi connectivity index (χ3v) is 4.22. The Kier molecular flexibility index (Phi) is 3.29.